The summed E-state index contributed by atoms with van der Waals surface area (Å²) in [5.74, 6) is -0.630. The Labute approximate surface area is 76.4 Å². The second-order valence-corrected chi connectivity index (χ2v) is 3.29. The van der Waals surface area contributed by atoms with Gasteiger partial charge in [0.05, 0.1) is 5.69 Å². The zero-order valence-corrected chi connectivity index (χ0v) is 7.93. The highest BCUT2D eigenvalue weighted by molar-refractivity contribution is 5.71. The lowest BCUT2D eigenvalue weighted by atomic mass is 10.2. The van der Waals surface area contributed by atoms with E-state index in [4.69, 9.17) is 5.11 Å². The molecule has 0 saturated heterocycles. The molecule has 5 heteroatoms. The largest absolute Gasteiger partial charge is 0.480 e. The van der Waals surface area contributed by atoms with Gasteiger partial charge in [0.15, 0.2) is 0 Å². The maximum atomic E-state index is 10.6. The Morgan fingerprint density at radius 3 is 2.54 bits per heavy atom. The minimum Gasteiger partial charge on any atom is -0.480 e. The predicted octanol–water partition coefficient (Wildman–Crippen LogP) is 1.05. The topological polar surface area (TPSA) is 68.0 Å². The number of carbonyl (C=O) groups is 1. The molecule has 1 aromatic heterocycles. The SMILES string of the molecule is CC(C)c1cn([C@@H](C)C(=O)O)nn1. The van der Waals surface area contributed by atoms with Crippen molar-refractivity contribution >= 4 is 5.97 Å². The number of hydrogen-bond acceptors (Lipinski definition) is 3. The van der Waals surface area contributed by atoms with Crippen LogP contribution in [0.5, 0.6) is 0 Å². The molecule has 0 aliphatic heterocycles. The van der Waals surface area contributed by atoms with Gasteiger partial charge in [-0.3, -0.25) is 0 Å². The number of carboxylic acid groups (broad SMARTS) is 1. The van der Waals surface area contributed by atoms with Crippen LogP contribution in [0.25, 0.3) is 0 Å². The van der Waals surface area contributed by atoms with Crippen LogP contribution >= 0.6 is 0 Å². The van der Waals surface area contributed by atoms with Crippen LogP contribution in [-0.2, 0) is 4.79 Å². The summed E-state index contributed by atoms with van der Waals surface area (Å²) < 4.78 is 1.36. The van der Waals surface area contributed by atoms with Crippen LogP contribution in [-0.4, -0.2) is 26.1 Å². The van der Waals surface area contributed by atoms with E-state index in [1.165, 1.54) is 4.68 Å². The highest BCUT2D eigenvalue weighted by Gasteiger charge is 2.15. The van der Waals surface area contributed by atoms with E-state index in [9.17, 15) is 4.79 Å². The Kier molecular flexibility index (Phi) is 2.65. The van der Waals surface area contributed by atoms with Gasteiger partial charge in [-0.15, -0.1) is 5.10 Å². The molecule has 0 bridgehead atoms. The molecule has 5 nitrogen and oxygen atoms in total. The van der Waals surface area contributed by atoms with Crippen LogP contribution < -0.4 is 0 Å². The third-order valence-corrected chi connectivity index (χ3v) is 1.87. The molecule has 0 saturated carbocycles. The predicted molar refractivity (Wildman–Crippen MR) is 46.5 cm³/mol. The van der Waals surface area contributed by atoms with Crippen LogP contribution in [0.1, 0.15) is 38.4 Å². The molecule has 13 heavy (non-hydrogen) atoms. The first-order chi connectivity index (χ1) is 6.02. The third kappa shape index (κ3) is 2.05. The fourth-order valence-electron chi connectivity index (χ4n) is 0.857. The minimum atomic E-state index is -0.903. The van der Waals surface area contributed by atoms with Gasteiger partial charge in [0.1, 0.15) is 6.04 Å². The van der Waals surface area contributed by atoms with Crippen molar-refractivity contribution in [2.75, 3.05) is 0 Å². The molecule has 1 heterocycles. The number of hydrogen-bond donors (Lipinski definition) is 1. The molecule has 1 rings (SSSR count). The van der Waals surface area contributed by atoms with Gasteiger partial charge in [-0.1, -0.05) is 19.1 Å². The number of rotatable bonds is 3. The Morgan fingerprint density at radius 1 is 1.54 bits per heavy atom. The van der Waals surface area contributed by atoms with Crippen molar-refractivity contribution in [3.8, 4) is 0 Å². The van der Waals surface area contributed by atoms with E-state index in [1.54, 1.807) is 13.1 Å². The van der Waals surface area contributed by atoms with E-state index >= 15 is 0 Å². The van der Waals surface area contributed by atoms with Crippen LogP contribution in [0.2, 0.25) is 0 Å². The highest BCUT2D eigenvalue weighted by atomic mass is 16.4. The molecule has 1 aromatic rings. The Bertz CT molecular complexity index is 306. The van der Waals surface area contributed by atoms with Crippen molar-refractivity contribution in [3.63, 3.8) is 0 Å². The van der Waals surface area contributed by atoms with Crippen molar-refractivity contribution in [2.24, 2.45) is 0 Å². The summed E-state index contributed by atoms with van der Waals surface area (Å²) in [7, 11) is 0. The summed E-state index contributed by atoms with van der Waals surface area (Å²) >= 11 is 0. The molecule has 0 unspecified atom stereocenters. The summed E-state index contributed by atoms with van der Waals surface area (Å²) in [5.41, 5.74) is 0.813. The van der Waals surface area contributed by atoms with Crippen LogP contribution in [0, 0.1) is 0 Å². The monoisotopic (exact) mass is 183 g/mol. The normalized spacial score (nSPS) is 13.2. The Hall–Kier alpha value is -1.39. The van der Waals surface area contributed by atoms with E-state index < -0.39 is 12.0 Å². The first-order valence-electron chi connectivity index (χ1n) is 4.17. The lowest BCUT2D eigenvalue weighted by molar-refractivity contribution is -0.140. The fraction of sp³-hybridized carbons (Fsp3) is 0.625. The standard InChI is InChI=1S/C8H13N3O2/c1-5(2)7-4-11(10-9-7)6(3)8(12)13/h4-6H,1-3H3,(H,12,13)/t6-/m0/s1. The first kappa shape index (κ1) is 9.70. The average molecular weight is 183 g/mol. The van der Waals surface area contributed by atoms with Crippen LogP contribution in [0.3, 0.4) is 0 Å². The van der Waals surface area contributed by atoms with Gasteiger partial charge < -0.3 is 5.11 Å². The summed E-state index contributed by atoms with van der Waals surface area (Å²) in [5, 5.41) is 16.3. The Balaban J connectivity index is 2.85. The smallest absolute Gasteiger partial charge is 0.328 e. The molecule has 0 amide bonds. The van der Waals surface area contributed by atoms with Crippen molar-refractivity contribution in [1.29, 1.82) is 0 Å². The molecule has 0 radical (unpaired) electrons. The van der Waals surface area contributed by atoms with Gasteiger partial charge in [0.25, 0.3) is 0 Å². The number of carboxylic acids is 1. The van der Waals surface area contributed by atoms with Crippen LogP contribution in [0.15, 0.2) is 6.20 Å². The van der Waals surface area contributed by atoms with Gasteiger partial charge >= 0.3 is 5.97 Å². The number of nitrogens with zero attached hydrogens (tertiary/aromatic N) is 3. The summed E-state index contributed by atoms with van der Waals surface area (Å²) in [6, 6.07) is -0.653. The molecule has 0 spiro atoms. The molecule has 0 aliphatic carbocycles. The molecule has 0 aromatic carbocycles. The molecule has 1 N–H and O–H groups in total. The van der Waals surface area contributed by atoms with Crippen molar-refractivity contribution in [2.45, 2.75) is 32.7 Å². The van der Waals surface area contributed by atoms with E-state index in [0.717, 1.165) is 5.69 Å². The van der Waals surface area contributed by atoms with E-state index in [0.29, 0.717) is 0 Å². The molecule has 0 fully saturated rings. The molecular weight excluding hydrogens is 170 g/mol. The summed E-state index contributed by atoms with van der Waals surface area (Å²) in [6.45, 7) is 5.54. The first-order valence-corrected chi connectivity index (χ1v) is 4.17. The van der Waals surface area contributed by atoms with E-state index in [1.807, 2.05) is 13.8 Å². The lowest BCUT2D eigenvalue weighted by Gasteiger charge is -2.03. The average Bonchev–Trinajstić information content (AvgIpc) is 2.50. The lowest BCUT2D eigenvalue weighted by Crippen LogP contribution is -2.15. The highest BCUT2D eigenvalue weighted by Crippen LogP contribution is 2.12. The molecule has 0 aliphatic rings. The zero-order chi connectivity index (χ0) is 10.0. The van der Waals surface area contributed by atoms with Crippen molar-refractivity contribution in [1.82, 2.24) is 15.0 Å². The number of aromatic nitrogens is 3. The summed E-state index contributed by atoms with van der Waals surface area (Å²) in [4.78, 5) is 10.6. The van der Waals surface area contributed by atoms with Gasteiger partial charge in [-0.2, -0.15) is 0 Å². The third-order valence-electron chi connectivity index (χ3n) is 1.87. The van der Waals surface area contributed by atoms with E-state index in [2.05, 4.69) is 10.3 Å². The maximum Gasteiger partial charge on any atom is 0.328 e. The number of aliphatic carboxylic acids is 1. The van der Waals surface area contributed by atoms with Gasteiger partial charge in [0, 0.05) is 6.20 Å². The molecule has 1 atom stereocenters. The zero-order valence-electron chi connectivity index (χ0n) is 7.93. The van der Waals surface area contributed by atoms with E-state index in [-0.39, 0.29) is 5.92 Å². The Morgan fingerprint density at radius 2 is 2.15 bits per heavy atom. The molecular formula is C8H13N3O2. The quantitative estimate of drug-likeness (QED) is 0.760. The van der Waals surface area contributed by atoms with Gasteiger partial charge in [0.2, 0.25) is 0 Å². The van der Waals surface area contributed by atoms with Gasteiger partial charge in [-0.05, 0) is 12.8 Å². The second kappa shape index (κ2) is 3.55. The summed E-state index contributed by atoms with van der Waals surface area (Å²) in [6.07, 6.45) is 1.67. The second-order valence-electron chi connectivity index (χ2n) is 3.29. The minimum absolute atomic E-state index is 0.273. The van der Waals surface area contributed by atoms with Crippen molar-refractivity contribution in [3.05, 3.63) is 11.9 Å². The van der Waals surface area contributed by atoms with Crippen molar-refractivity contribution < 1.29 is 9.90 Å². The maximum absolute atomic E-state index is 10.6. The van der Waals surface area contributed by atoms with Gasteiger partial charge in [-0.25, -0.2) is 9.48 Å². The van der Waals surface area contributed by atoms with Crippen LogP contribution in [0.4, 0.5) is 0 Å². The molecule has 72 valence electrons. The fourth-order valence-corrected chi connectivity index (χ4v) is 0.857.